The Labute approximate surface area is 144 Å². The van der Waals surface area contributed by atoms with Crippen molar-refractivity contribution in [3.8, 4) is 0 Å². The molecule has 0 saturated carbocycles. The van der Waals surface area contributed by atoms with E-state index in [4.69, 9.17) is 14.2 Å². The molecular formula is C19H27NO4. The van der Waals surface area contributed by atoms with Crippen molar-refractivity contribution in [2.24, 2.45) is 0 Å². The standard InChI is InChI=1S/C19H27NO4/c1-16(21)20(2)18-7-5-17(6-8-18)15-24-12-4-9-19(22-3)10-13-23-14-11-19/h4-9H,10-15H2,1-3H3. The molecule has 1 saturated heterocycles. The van der Waals surface area contributed by atoms with Crippen LogP contribution in [0.1, 0.15) is 25.3 Å². The summed E-state index contributed by atoms with van der Waals surface area (Å²) in [5.74, 6) is 0.0179. The number of anilines is 1. The van der Waals surface area contributed by atoms with Crippen LogP contribution in [0.5, 0.6) is 0 Å². The highest BCUT2D eigenvalue weighted by Crippen LogP contribution is 2.25. The van der Waals surface area contributed by atoms with Gasteiger partial charge in [0.25, 0.3) is 0 Å². The third-order valence-electron chi connectivity index (χ3n) is 4.45. The Morgan fingerprint density at radius 3 is 2.54 bits per heavy atom. The third kappa shape index (κ3) is 5.16. The number of nitrogens with zero attached hydrogens (tertiary/aromatic N) is 1. The molecule has 1 heterocycles. The molecule has 1 aromatic carbocycles. The van der Waals surface area contributed by atoms with Gasteiger partial charge in [-0.3, -0.25) is 4.79 Å². The molecule has 1 amide bonds. The predicted octanol–water partition coefficient (Wildman–Crippen LogP) is 2.94. The number of hydrogen-bond acceptors (Lipinski definition) is 4. The second-order valence-corrected chi connectivity index (χ2v) is 6.04. The van der Waals surface area contributed by atoms with Crippen molar-refractivity contribution in [2.75, 3.05) is 38.9 Å². The second kappa shape index (κ2) is 8.97. The van der Waals surface area contributed by atoms with Gasteiger partial charge in [-0.15, -0.1) is 0 Å². The van der Waals surface area contributed by atoms with Gasteiger partial charge in [0.15, 0.2) is 0 Å². The first-order chi connectivity index (χ1) is 11.6. The lowest BCUT2D eigenvalue weighted by atomic mass is 9.93. The molecular weight excluding hydrogens is 306 g/mol. The summed E-state index contributed by atoms with van der Waals surface area (Å²) in [6.45, 7) is 4.10. The van der Waals surface area contributed by atoms with E-state index in [1.165, 1.54) is 0 Å². The first-order valence-corrected chi connectivity index (χ1v) is 8.28. The highest BCUT2D eigenvalue weighted by molar-refractivity contribution is 5.90. The molecule has 0 aromatic heterocycles. The SMILES string of the molecule is COC1(C=CCOCc2ccc(N(C)C(C)=O)cc2)CCOCC1. The Morgan fingerprint density at radius 1 is 1.29 bits per heavy atom. The molecule has 132 valence electrons. The number of rotatable bonds is 7. The van der Waals surface area contributed by atoms with Crippen LogP contribution in [0.4, 0.5) is 5.69 Å². The van der Waals surface area contributed by atoms with Gasteiger partial charge in [-0.1, -0.05) is 24.3 Å². The zero-order chi connectivity index (χ0) is 17.4. The maximum Gasteiger partial charge on any atom is 0.223 e. The molecule has 1 aromatic rings. The van der Waals surface area contributed by atoms with Gasteiger partial charge >= 0.3 is 0 Å². The van der Waals surface area contributed by atoms with Crippen molar-refractivity contribution in [3.63, 3.8) is 0 Å². The van der Waals surface area contributed by atoms with Gasteiger partial charge in [0.05, 0.1) is 18.8 Å². The fourth-order valence-electron chi connectivity index (χ4n) is 2.66. The maximum absolute atomic E-state index is 11.3. The molecule has 0 N–H and O–H groups in total. The lowest BCUT2D eigenvalue weighted by molar-refractivity contribution is -0.116. The van der Waals surface area contributed by atoms with Crippen molar-refractivity contribution in [2.45, 2.75) is 32.0 Å². The Morgan fingerprint density at radius 2 is 1.96 bits per heavy atom. The minimum absolute atomic E-state index is 0.0179. The van der Waals surface area contributed by atoms with Crippen molar-refractivity contribution >= 4 is 11.6 Å². The molecule has 2 rings (SSSR count). The first-order valence-electron chi connectivity index (χ1n) is 8.28. The van der Waals surface area contributed by atoms with Crippen LogP contribution < -0.4 is 4.90 Å². The Kier molecular flexibility index (Phi) is 6.97. The number of benzene rings is 1. The van der Waals surface area contributed by atoms with Gasteiger partial charge in [-0.2, -0.15) is 0 Å². The third-order valence-corrected chi connectivity index (χ3v) is 4.45. The number of methoxy groups -OCH3 is 1. The summed E-state index contributed by atoms with van der Waals surface area (Å²) >= 11 is 0. The zero-order valence-corrected chi connectivity index (χ0v) is 14.8. The predicted molar refractivity (Wildman–Crippen MR) is 94.1 cm³/mol. The first kappa shape index (κ1) is 18.6. The van der Waals surface area contributed by atoms with Crippen LogP contribution in [0.25, 0.3) is 0 Å². The topological polar surface area (TPSA) is 48.0 Å². The van der Waals surface area contributed by atoms with Gasteiger partial charge in [0.2, 0.25) is 5.91 Å². The van der Waals surface area contributed by atoms with E-state index in [2.05, 4.69) is 6.08 Å². The summed E-state index contributed by atoms with van der Waals surface area (Å²) in [4.78, 5) is 12.9. The van der Waals surface area contributed by atoms with Crippen LogP contribution >= 0.6 is 0 Å². The second-order valence-electron chi connectivity index (χ2n) is 6.04. The monoisotopic (exact) mass is 333 g/mol. The molecule has 0 spiro atoms. The molecule has 1 aliphatic heterocycles. The molecule has 1 fully saturated rings. The van der Waals surface area contributed by atoms with E-state index in [1.54, 1.807) is 26.0 Å². The normalized spacial score (nSPS) is 17.1. The highest BCUT2D eigenvalue weighted by atomic mass is 16.5. The van der Waals surface area contributed by atoms with E-state index in [-0.39, 0.29) is 11.5 Å². The number of ether oxygens (including phenoxy) is 3. The molecule has 0 atom stereocenters. The van der Waals surface area contributed by atoms with Crippen LogP contribution in [0.2, 0.25) is 0 Å². The summed E-state index contributed by atoms with van der Waals surface area (Å²) in [5, 5.41) is 0. The summed E-state index contributed by atoms with van der Waals surface area (Å²) < 4.78 is 16.7. The van der Waals surface area contributed by atoms with Gasteiger partial charge in [0.1, 0.15) is 0 Å². The molecule has 0 radical (unpaired) electrons. The average Bonchev–Trinajstić information content (AvgIpc) is 2.62. The molecule has 5 nitrogen and oxygen atoms in total. The van der Waals surface area contributed by atoms with Gasteiger partial charge in [-0.25, -0.2) is 0 Å². The lowest BCUT2D eigenvalue weighted by Gasteiger charge is -2.33. The van der Waals surface area contributed by atoms with E-state index in [1.807, 2.05) is 30.3 Å². The van der Waals surface area contributed by atoms with E-state index < -0.39 is 0 Å². The fraction of sp³-hybridized carbons (Fsp3) is 0.526. The van der Waals surface area contributed by atoms with E-state index in [0.29, 0.717) is 13.2 Å². The number of carbonyl (C=O) groups is 1. The minimum atomic E-state index is -0.208. The molecule has 0 aliphatic carbocycles. The fourth-order valence-corrected chi connectivity index (χ4v) is 2.66. The minimum Gasteiger partial charge on any atom is -0.381 e. The van der Waals surface area contributed by atoms with Crippen molar-refractivity contribution < 1.29 is 19.0 Å². The van der Waals surface area contributed by atoms with Crippen LogP contribution in [-0.4, -0.2) is 45.5 Å². The summed E-state index contributed by atoms with van der Waals surface area (Å²) in [6.07, 6.45) is 5.88. The molecule has 0 unspecified atom stereocenters. The summed E-state index contributed by atoms with van der Waals surface area (Å²) in [6, 6.07) is 7.82. The van der Waals surface area contributed by atoms with E-state index in [0.717, 1.165) is 37.3 Å². The Bertz CT molecular complexity index is 547. The maximum atomic E-state index is 11.3. The highest BCUT2D eigenvalue weighted by Gasteiger charge is 2.29. The van der Waals surface area contributed by atoms with E-state index >= 15 is 0 Å². The van der Waals surface area contributed by atoms with Crippen LogP contribution in [0.3, 0.4) is 0 Å². The summed E-state index contributed by atoms with van der Waals surface area (Å²) in [5.41, 5.74) is 1.75. The van der Waals surface area contributed by atoms with Crippen molar-refractivity contribution in [1.82, 2.24) is 0 Å². The number of hydrogen-bond donors (Lipinski definition) is 0. The van der Waals surface area contributed by atoms with Crippen LogP contribution in [0.15, 0.2) is 36.4 Å². The molecule has 24 heavy (non-hydrogen) atoms. The van der Waals surface area contributed by atoms with Gasteiger partial charge < -0.3 is 19.1 Å². The Balaban J connectivity index is 1.77. The van der Waals surface area contributed by atoms with Gasteiger partial charge in [-0.05, 0) is 17.7 Å². The Hall–Kier alpha value is -1.69. The smallest absolute Gasteiger partial charge is 0.223 e. The molecule has 0 bridgehead atoms. The van der Waals surface area contributed by atoms with E-state index in [9.17, 15) is 4.79 Å². The number of amides is 1. The lowest BCUT2D eigenvalue weighted by Crippen LogP contribution is -2.36. The van der Waals surface area contributed by atoms with Crippen molar-refractivity contribution in [3.05, 3.63) is 42.0 Å². The van der Waals surface area contributed by atoms with Crippen LogP contribution in [0, 0.1) is 0 Å². The molecule has 5 heteroatoms. The van der Waals surface area contributed by atoms with Crippen LogP contribution in [-0.2, 0) is 25.6 Å². The average molecular weight is 333 g/mol. The zero-order valence-electron chi connectivity index (χ0n) is 14.8. The quantitative estimate of drug-likeness (QED) is 0.569. The molecule has 1 aliphatic rings. The van der Waals surface area contributed by atoms with Gasteiger partial charge in [0, 0.05) is 52.8 Å². The number of carbonyl (C=O) groups excluding carboxylic acids is 1. The largest absolute Gasteiger partial charge is 0.381 e. The van der Waals surface area contributed by atoms with Crippen molar-refractivity contribution in [1.29, 1.82) is 0 Å². The summed E-state index contributed by atoms with van der Waals surface area (Å²) in [7, 11) is 3.51.